The molecule has 1 N–H and O–H groups in total. The first-order valence-electron chi connectivity index (χ1n) is 9.00. The third-order valence-electron chi connectivity index (χ3n) is 5.07. The summed E-state index contributed by atoms with van der Waals surface area (Å²) in [6, 6.07) is 7.34. The number of carboxylic acids is 1. The van der Waals surface area contributed by atoms with Crippen LogP contribution in [-0.2, 0) is 20.9 Å². The number of rotatable bonds is 3. The molecule has 2 aliphatic rings. The van der Waals surface area contributed by atoms with Crippen LogP contribution in [0.2, 0.25) is 0 Å². The first kappa shape index (κ1) is 18.4. The van der Waals surface area contributed by atoms with E-state index in [9.17, 15) is 14.4 Å². The second kappa shape index (κ2) is 6.74. The van der Waals surface area contributed by atoms with E-state index in [-0.39, 0.29) is 24.2 Å². The van der Waals surface area contributed by atoms with Gasteiger partial charge >= 0.3 is 12.1 Å². The van der Waals surface area contributed by atoms with Gasteiger partial charge in [-0.05, 0) is 44.7 Å². The zero-order valence-electron chi connectivity index (χ0n) is 15.4. The maximum Gasteiger partial charge on any atom is 0.411 e. The molecule has 1 aromatic rings. The molecule has 140 valence electrons. The van der Waals surface area contributed by atoms with E-state index in [2.05, 4.69) is 0 Å². The third kappa shape index (κ3) is 3.59. The zero-order valence-corrected chi connectivity index (χ0v) is 15.4. The second-order valence-corrected chi connectivity index (χ2v) is 8.13. The number of carbonyl (C=O) groups is 3. The van der Waals surface area contributed by atoms with Gasteiger partial charge in [-0.3, -0.25) is 14.5 Å². The molecule has 3 atom stereocenters. The SMILES string of the molecule is CC(C)(C)OC(=O)N1Cc2ccccc2C1C1CCC(CC(=O)O)C1=O. The van der Waals surface area contributed by atoms with Crippen LogP contribution in [0.4, 0.5) is 4.79 Å². The van der Waals surface area contributed by atoms with Crippen LogP contribution >= 0.6 is 0 Å². The lowest BCUT2D eigenvalue weighted by Gasteiger charge is -2.31. The number of nitrogens with zero attached hydrogens (tertiary/aromatic N) is 1. The van der Waals surface area contributed by atoms with Crippen molar-refractivity contribution in [2.75, 3.05) is 0 Å². The van der Waals surface area contributed by atoms with E-state index in [1.807, 2.05) is 45.0 Å². The summed E-state index contributed by atoms with van der Waals surface area (Å²) in [7, 11) is 0. The molecule has 6 heteroatoms. The molecule has 0 radical (unpaired) electrons. The zero-order chi connectivity index (χ0) is 19.1. The Hall–Kier alpha value is -2.37. The lowest BCUT2D eigenvalue weighted by atomic mass is 9.89. The summed E-state index contributed by atoms with van der Waals surface area (Å²) in [5.74, 6) is -1.86. The highest BCUT2D eigenvalue weighted by Crippen LogP contribution is 2.46. The highest BCUT2D eigenvalue weighted by atomic mass is 16.6. The largest absolute Gasteiger partial charge is 0.481 e. The van der Waals surface area contributed by atoms with Crippen molar-refractivity contribution in [1.29, 1.82) is 0 Å². The number of ketones is 1. The standard InChI is InChI=1S/C20H25NO5/c1-20(2,3)26-19(25)21-11-13-6-4-5-7-14(13)17(21)15-9-8-12(18(15)24)10-16(22)23/h4-7,12,15,17H,8-11H2,1-3H3,(H,22,23). The molecule has 3 unspecified atom stereocenters. The number of hydrogen-bond donors (Lipinski definition) is 1. The number of carbonyl (C=O) groups excluding carboxylic acids is 2. The van der Waals surface area contributed by atoms with Crippen molar-refractivity contribution in [3.8, 4) is 0 Å². The van der Waals surface area contributed by atoms with Gasteiger partial charge in [-0.25, -0.2) is 4.79 Å². The number of Topliss-reactive ketones (excluding diaryl/α,β-unsaturated/α-hetero) is 1. The molecule has 1 saturated carbocycles. The molecular weight excluding hydrogens is 334 g/mol. The van der Waals surface area contributed by atoms with Crippen LogP contribution in [-0.4, -0.2) is 33.5 Å². The lowest BCUT2D eigenvalue weighted by Crippen LogP contribution is -2.39. The van der Waals surface area contributed by atoms with Gasteiger partial charge in [-0.15, -0.1) is 0 Å². The maximum atomic E-state index is 12.8. The monoisotopic (exact) mass is 359 g/mol. The Bertz CT molecular complexity index is 736. The Morgan fingerprint density at radius 3 is 2.58 bits per heavy atom. The minimum atomic E-state index is -0.958. The quantitative estimate of drug-likeness (QED) is 0.892. The predicted octanol–water partition coefficient (Wildman–Crippen LogP) is 3.55. The van der Waals surface area contributed by atoms with Gasteiger partial charge in [0.2, 0.25) is 0 Å². The van der Waals surface area contributed by atoms with Crippen LogP contribution in [0, 0.1) is 11.8 Å². The molecule has 1 aliphatic carbocycles. The van der Waals surface area contributed by atoms with Gasteiger partial charge in [0.25, 0.3) is 0 Å². The van der Waals surface area contributed by atoms with Crippen LogP contribution in [0.15, 0.2) is 24.3 Å². The molecule has 3 rings (SSSR count). The van der Waals surface area contributed by atoms with E-state index in [4.69, 9.17) is 9.84 Å². The molecule has 0 spiro atoms. The van der Waals surface area contributed by atoms with Crippen molar-refractivity contribution < 1.29 is 24.2 Å². The third-order valence-corrected chi connectivity index (χ3v) is 5.07. The van der Waals surface area contributed by atoms with E-state index in [1.54, 1.807) is 4.90 Å². The molecule has 0 saturated heterocycles. The molecular formula is C20H25NO5. The number of ether oxygens (including phenoxy) is 1. The van der Waals surface area contributed by atoms with E-state index in [1.165, 1.54) is 0 Å². The lowest BCUT2D eigenvalue weighted by molar-refractivity contribution is -0.140. The molecule has 1 heterocycles. The Morgan fingerprint density at radius 2 is 1.92 bits per heavy atom. The topological polar surface area (TPSA) is 83.9 Å². The van der Waals surface area contributed by atoms with Crippen LogP contribution < -0.4 is 0 Å². The van der Waals surface area contributed by atoms with Crippen LogP contribution in [0.1, 0.15) is 57.2 Å². The van der Waals surface area contributed by atoms with Crippen LogP contribution in [0.25, 0.3) is 0 Å². The maximum absolute atomic E-state index is 12.8. The molecule has 1 amide bonds. The first-order chi connectivity index (χ1) is 12.2. The first-order valence-corrected chi connectivity index (χ1v) is 9.00. The molecule has 0 aromatic heterocycles. The molecule has 1 aromatic carbocycles. The average molecular weight is 359 g/mol. The summed E-state index contributed by atoms with van der Waals surface area (Å²) in [6.45, 7) is 5.84. The summed E-state index contributed by atoms with van der Waals surface area (Å²) >= 11 is 0. The molecule has 0 bridgehead atoms. The van der Waals surface area contributed by atoms with Crippen molar-refractivity contribution in [3.05, 3.63) is 35.4 Å². The Kier molecular flexibility index (Phi) is 4.78. The Balaban J connectivity index is 1.89. The fourth-order valence-electron chi connectivity index (χ4n) is 4.04. The Morgan fingerprint density at radius 1 is 1.23 bits per heavy atom. The van der Waals surface area contributed by atoms with Gasteiger partial charge in [-0.1, -0.05) is 24.3 Å². The van der Waals surface area contributed by atoms with Gasteiger partial charge in [0.1, 0.15) is 11.4 Å². The summed E-state index contributed by atoms with van der Waals surface area (Å²) in [5, 5.41) is 9.03. The van der Waals surface area contributed by atoms with Crippen molar-refractivity contribution in [1.82, 2.24) is 4.90 Å². The normalized spacial score (nSPS) is 25.3. The minimum Gasteiger partial charge on any atom is -0.481 e. The van der Waals surface area contributed by atoms with Gasteiger partial charge in [-0.2, -0.15) is 0 Å². The van der Waals surface area contributed by atoms with Crippen molar-refractivity contribution >= 4 is 17.8 Å². The van der Waals surface area contributed by atoms with E-state index in [0.717, 1.165) is 11.1 Å². The summed E-state index contributed by atoms with van der Waals surface area (Å²) in [4.78, 5) is 38.3. The average Bonchev–Trinajstić information content (AvgIpc) is 3.07. The number of amides is 1. The van der Waals surface area contributed by atoms with E-state index in [0.29, 0.717) is 19.4 Å². The van der Waals surface area contributed by atoms with Gasteiger partial charge in [0.05, 0.1) is 19.0 Å². The fourth-order valence-corrected chi connectivity index (χ4v) is 4.04. The van der Waals surface area contributed by atoms with E-state index < -0.39 is 23.6 Å². The van der Waals surface area contributed by atoms with Gasteiger partial charge < -0.3 is 9.84 Å². The second-order valence-electron chi connectivity index (χ2n) is 8.13. The molecule has 26 heavy (non-hydrogen) atoms. The van der Waals surface area contributed by atoms with Gasteiger partial charge in [0, 0.05) is 11.8 Å². The number of fused-ring (bicyclic) bond motifs is 1. The number of hydrogen-bond acceptors (Lipinski definition) is 4. The fraction of sp³-hybridized carbons (Fsp3) is 0.550. The molecule has 1 fully saturated rings. The smallest absolute Gasteiger partial charge is 0.411 e. The molecule has 1 aliphatic heterocycles. The number of aliphatic carboxylic acids is 1. The van der Waals surface area contributed by atoms with Gasteiger partial charge in [0.15, 0.2) is 0 Å². The van der Waals surface area contributed by atoms with Crippen molar-refractivity contribution in [2.24, 2.45) is 11.8 Å². The van der Waals surface area contributed by atoms with Crippen LogP contribution in [0.3, 0.4) is 0 Å². The summed E-state index contributed by atoms with van der Waals surface area (Å²) < 4.78 is 5.55. The van der Waals surface area contributed by atoms with Crippen LogP contribution in [0.5, 0.6) is 0 Å². The number of benzene rings is 1. The molecule has 6 nitrogen and oxygen atoms in total. The Labute approximate surface area is 153 Å². The predicted molar refractivity (Wildman–Crippen MR) is 94.4 cm³/mol. The van der Waals surface area contributed by atoms with E-state index >= 15 is 0 Å². The summed E-state index contributed by atoms with van der Waals surface area (Å²) in [6.07, 6.45) is 0.565. The number of carboxylic acid groups (broad SMARTS) is 1. The highest BCUT2D eigenvalue weighted by molar-refractivity contribution is 5.90. The summed E-state index contributed by atoms with van der Waals surface area (Å²) in [5.41, 5.74) is 1.35. The van der Waals surface area contributed by atoms with Crippen molar-refractivity contribution in [3.63, 3.8) is 0 Å². The minimum absolute atomic E-state index is 0.0531. The highest BCUT2D eigenvalue weighted by Gasteiger charge is 2.47. The van der Waals surface area contributed by atoms with Crippen molar-refractivity contribution in [2.45, 2.75) is 58.2 Å².